The van der Waals surface area contributed by atoms with E-state index in [1.54, 1.807) is 25.1 Å². The number of carbonyl (C=O) groups is 2. The Morgan fingerprint density at radius 2 is 1.81 bits per heavy atom. The highest BCUT2D eigenvalue weighted by Crippen LogP contribution is 2.20. The second-order valence-electron chi connectivity index (χ2n) is 7.16. The molecule has 0 unspecified atom stereocenters. The third-order valence-electron chi connectivity index (χ3n) is 5.13. The Hall–Kier alpha value is -3.46. The fraction of sp³-hybridized carbons (Fsp3) is 0.364. The molecule has 1 N–H and O–H groups in total. The number of carbonyl (C=O) groups excluding carboxylic acids is 2. The molecule has 1 aliphatic rings. The average Bonchev–Trinajstić information content (AvgIpc) is 2.78. The zero-order valence-electron chi connectivity index (χ0n) is 17.5. The molecule has 0 radical (unpaired) electrons. The maximum absolute atomic E-state index is 12.6. The predicted molar refractivity (Wildman–Crippen MR) is 117 cm³/mol. The Kier molecular flexibility index (Phi) is 7.55. The molecule has 1 aliphatic heterocycles. The number of morpholine rings is 1. The molecule has 1 fully saturated rings. The SMILES string of the molecule is CCN(CC(=O)Nc1ccc(N2CCOCC2)cc1)C(=O)Cc1ccccc1[N+](=O)[O-]. The molecule has 0 saturated carbocycles. The van der Waals surface area contributed by atoms with Gasteiger partial charge in [0.25, 0.3) is 5.69 Å². The molecule has 0 atom stereocenters. The normalized spacial score (nSPS) is 13.5. The molecule has 31 heavy (non-hydrogen) atoms. The summed E-state index contributed by atoms with van der Waals surface area (Å²) in [6, 6.07) is 13.7. The summed E-state index contributed by atoms with van der Waals surface area (Å²) in [6.07, 6.45) is -0.132. The van der Waals surface area contributed by atoms with E-state index in [-0.39, 0.29) is 30.5 Å². The molecule has 3 rings (SSSR count). The molecular formula is C22H26N4O5. The number of nitro groups is 1. The van der Waals surface area contributed by atoms with Crippen molar-refractivity contribution in [2.75, 3.05) is 49.6 Å². The predicted octanol–water partition coefficient (Wildman–Crippen LogP) is 2.46. The van der Waals surface area contributed by atoms with Crippen molar-refractivity contribution >= 4 is 28.9 Å². The van der Waals surface area contributed by atoms with Gasteiger partial charge in [-0.15, -0.1) is 0 Å². The van der Waals surface area contributed by atoms with Crippen molar-refractivity contribution in [2.24, 2.45) is 0 Å². The third kappa shape index (κ3) is 6.02. The number of amides is 2. The number of likely N-dealkylation sites (N-methyl/N-ethyl adjacent to an activating group) is 1. The van der Waals surface area contributed by atoms with Crippen LogP contribution in [0.25, 0.3) is 0 Å². The van der Waals surface area contributed by atoms with E-state index < -0.39 is 4.92 Å². The summed E-state index contributed by atoms with van der Waals surface area (Å²) in [5, 5.41) is 14.0. The molecule has 0 bridgehead atoms. The van der Waals surface area contributed by atoms with Gasteiger partial charge in [-0.25, -0.2) is 0 Å². The lowest BCUT2D eigenvalue weighted by atomic mass is 10.1. The first-order valence-electron chi connectivity index (χ1n) is 10.2. The van der Waals surface area contributed by atoms with Gasteiger partial charge in [0.1, 0.15) is 0 Å². The Labute approximate surface area is 180 Å². The highest BCUT2D eigenvalue weighted by molar-refractivity contribution is 5.95. The van der Waals surface area contributed by atoms with Gasteiger partial charge in [-0.2, -0.15) is 0 Å². The number of rotatable bonds is 8. The van der Waals surface area contributed by atoms with Gasteiger partial charge in [0, 0.05) is 42.6 Å². The van der Waals surface area contributed by atoms with E-state index in [9.17, 15) is 19.7 Å². The number of benzene rings is 2. The van der Waals surface area contributed by atoms with Gasteiger partial charge in [-0.1, -0.05) is 18.2 Å². The van der Waals surface area contributed by atoms with Crippen LogP contribution < -0.4 is 10.2 Å². The lowest BCUT2D eigenvalue weighted by Gasteiger charge is -2.29. The van der Waals surface area contributed by atoms with Crippen molar-refractivity contribution in [3.63, 3.8) is 0 Å². The quantitative estimate of drug-likeness (QED) is 0.514. The summed E-state index contributed by atoms with van der Waals surface area (Å²) >= 11 is 0. The lowest BCUT2D eigenvalue weighted by molar-refractivity contribution is -0.385. The topological polar surface area (TPSA) is 105 Å². The number of para-hydroxylation sites is 1. The van der Waals surface area contributed by atoms with E-state index in [1.165, 1.54) is 11.0 Å². The Bertz CT molecular complexity index is 926. The molecule has 2 aromatic rings. The highest BCUT2D eigenvalue weighted by atomic mass is 16.6. The first-order valence-corrected chi connectivity index (χ1v) is 10.2. The second-order valence-corrected chi connectivity index (χ2v) is 7.16. The van der Waals surface area contributed by atoms with Crippen LogP contribution in [-0.2, 0) is 20.7 Å². The molecule has 2 amide bonds. The van der Waals surface area contributed by atoms with E-state index >= 15 is 0 Å². The summed E-state index contributed by atoms with van der Waals surface area (Å²) in [5.41, 5.74) is 1.94. The minimum atomic E-state index is -0.508. The van der Waals surface area contributed by atoms with Crippen molar-refractivity contribution in [1.82, 2.24) is 4.90 Å². The fourth-order valence-electron chi connectivity index (χ4n) is 3.44. The summed E-state index contributed by atoms with van der Waals surface area (Å²) in [5.74, 6) is -0.661. The summed E-state index contributed by atoms with van der Waals surface area (Å²) in [7, 11) is 0. The van der Waals surface area contributed by atoms with E-state index in [4.69, 9.17) is 4.74 Å². The van der Waals surface area contributed by atoms with E-state index in [0.29, 0.717) is 31.0 Å². The van der Waals surface area contributed by atoms with E-state index in [0.717, 1.165) is 18.8 Å². The zero-order chi connectivity index (χ0) is 22.2. The van der Waals surface area contributed by atoms with Crippen LogP contribution in [-0.4, -0.2) is 61.0 Å². The molecule has 164 valence electrons. The zero-order valence-corrected chi connectivity index (χ0v) is 17.5. The summed E-state index contributed by atoms with van der Waals surface area (Å²) in [6.45, 7) is 5.03. The second kappa shape index (κ2) is 10.5. The van der Waals surface area contributed by atoms with Gasteiger partial charge in [0.05, 0.1) is 31.1 Å². The Morgan fingerprint density at radius 3 is 2.45 bits per heavy atom. The molecule has 0 spiro atoms. The maximum Gasteiger partial charge on any atom is 0.273 e. The van der Waals surface area contributed by atoms with Gasteiger partial charge in [0.15, 0.2) is 0 Å². The Balaban J connectivity index is 1.57. The number of hydrogen-bond acceptors (Lipinski definition) is 6. The maximum atomic E-state index is 12.6. The average molecular weight is 426 g/mol. The standard InChI is InChI=1S/C22H26N4O5/c1-2-24(22(28)15-17-5-3-4-6-20(17)26(29)30)16-21(27)23-18-7-9-19(10-8-18)25-11-13-31-14-12-25/h3-10H,2,11-16H2,1H3,(H,23,27). The minimum absolute atomic E-state index is 0.100. The monoisotopic (exact) mass is 426 g/mol. The molecule has 1 heterocycles. The Morgan fingerprint density at radius 1 is 1.13 bits per heavy atom. The third-order valence-corrected chi connectivity index (χ3v) is 5.13. The van der Waals surface area contributed by atoms with Crippen LogP contribution >= 0.6 is 0 Å². The van der Waals surface area contributed by atoms with Crippen LogP contribution in [0.3, 0.4) is 0 Å². The fourth-order valence-corrected chi connectivity index (χ4v) is 3.44. The number of nitro benzene ring substituents is 1. The minimum Gasteiger partial charge on any atom is -0.378 e. The van der Waals surface area contributed by atoms with Crippen LogP contribution in [0.15, 0.2) is 48.5 Å². The van der Waals surface area contributed by atoms with Gasteiger partial charge >= 0.3 is 0 Å². The van der Waals surface area contributed by atoms with Crippen molar-refractivity contribution in [1.29, 1.82) is 0 Å². The smallest absolute Gasteiger partial charge is 0.273 e. The lowest BCUT2D eigenvalue weighted by Crippen LogP contribution is -2.38. The van der Waals surface area contributed by atoms with Crippen LogP contribution in [0.2, 0.25) is 0 Å². The molecule has 9 nitrogen and oxygen atoms in total. The van der Waals surface area contributed by atoms with Crippen molar-refractivity contribution in [3.05, 3.63) is 64.2 Å². The van der Waals surface area contributed by atoms with E-state index in [2.05, 4.69) is 10.2 Å². The first kappa shape index (κ1) is 22.2. The van der Waals surface area contributed by atoms with Gasteiger partial charge in [-0.3, -0.25) is 19.7 Å². The van der Waals surface area contributed by atoms with Crippen LogP contribution in [0.5, 0.6) is 0 Å². The van der Waals surface area contributed by atoms with Gasteiger partial charge in [0.2, 0.25) is 11.8 Å². The highest BCUT2D eigenvalue weighted by Gasteiger charge is 2.21. The van der Waals surface area contributed by atoms with Crippen molar-refractivity contribution in [2.45, 2.75) is 13.3 Å². The number of nitrogens with zero attached hydrogens (tertiary/aromatic N) is 3. The molecule has 2 aromatic carbocycles. The molecule has 0 aliphatic carbocycles. The van der Waals surface area contributed by atoms with Crippen LogP contribution in [0.4, 0.5) is 17.1 Å². The number of hydrogen-bond donors (Lipinski definition) is 1. The van der Waals surface area contributed by atoms with Gasteiger partial charge < -0.3 is 19.9 Å². The van der Waals surface area contributed by atoms with E-state index in [1.807, 2.05) is 24.3 Å². The van der Waals surface area contributed by atoms with Crippen molar-refractivity contribution < 1.29 is 19.2 Å². The first-order chi connectivity index (χ1) is 15.0. The number of nitrogens with one attached hydrogen (secondary N) is 1. The molecule has 1 saturated heterocycles. The summed E-state index contributed by atoms with van der Waals surface area (Å²) in [4.78, 5) is 39.3. The number of ether oxygens (including phenoxy) is 1. The largest absolute Gasteiger partial charge is 0.378 e. The summed E-state index contributed by atoms with van der Waals surface area (Å²) < 4.78 is 5.36. The van der Waals surface area contributed by atoms with Crippen LogP contribution in [0, 0.1) is 10.1 Å². The molecule has 9 heteroatoms. The number of anilines is 2. The van der Waals surface area contributed by atoms with Crippen molar-refractivity contribution in [3.8, 4) is 0 Å². The molecular weight excluding hydrogens is 400 g/mol. The van der Waals surface area contributed by atoms with Crippen LogP contribution in [0.1, 0.15) is 12.5 Å². The van der Waals surface area contributed by atoms with Gasteiger partial charge in [-0.05, 0) is 31.2 Å². The molecule has 0 aromatic heterocycles.